The number of hydrogen-bond acceptors (Lipinski definition) is 9. The van der Waals surface area contributed by atoms with E-state index in [1.54, 1.807) is 24.3 Å². The summed E-state index contributed by atoms with van der Waals surface area (Å²) in [4.78, 5) is 31.7. The van der Waals surface area contributed by atoms with Crippen LogP contribution in [0, 0.1) is 10.1 Å². The largest absolute Gasteiger partial charge is 0.798 e. The summed E-state index contributed by atoms with van der Waals surface area (Å²) in [6.07, 6.45) is 2.29. The lowest BCUT2D eigenvalue weighted by Gasteiger charge is -2.24. The molecule has 0 amide bonds. The third-order valence-electron chi connectivity index (χ3n) is 4.80. The molecule has 34 heavy (non-hydrogen) atoms. The number of nitro benzene ring substituents is 1. The third-order valence-corrected chi connectivity index (χ3v) is 6.36. The molecule has 0 saturated heterocycles. The van der Waals surface area contributed by atoms with Crippen molar-refractivity contribution in [2.75, 3.05) is 20.5 Å². The number of nitrogens with one attached hydrogen (secondary N) is 1. The summed E-state index contributed by atoms with van der Waals surface area (Å²) >= 11 is 0. The normalized spacial score (nSPS) is 12.4. The zero-order valence-corrected chi connectivity index (χ0v) is 20.7. The molecule has 0 aliphatic heterocycles. The summed E-state index contributed by atoms with van der Waals surface area (Å²) in [5.41, 5.74) is 1.53. The summed E-state index contributed by atoms with van der Waals surface area (Å²) < 4.78 is 22.7. The number of ether oxygens (including phenoxy) is 2. The summed E-state index contributed by atoms with van der Waals surface area (Å²) in [6, 6.07) is 11.5. The molecule has 1 heterocycles. The standard InChI is InChI=1S/C19H21N4O6P.C4H10/c1-28-18-19(29-2)22-17-14(8-15(23(24)25)9-16(17)21-18)10-20-12-30(26,27)11-13-6-4-3-5-7-13;1-3-4-2/h3-9,20H,10-12H2,1-2H3,(H,26,27);3-4H2,1-2H3/p-1. The second-order valence-corrected chi connectivity index (χ2v) is 9.78. The van der Waals surface area contributed by atoms with E-state index in [-0.39, 0.29) is 42.0 Å². The molecule has 2 aromatic carbocycles. The Kier molecular flexibility index (Phi) is 10.4. The number of unbranched alkanes of at least 4 members (excludes halogenated alkanes) is 1. The van der Waals surface area contributed by atoms with E-state index in [0.717, 1.165) is 0 Å². The van der Waals surface area contributed by atoms with Crippen LogP contribution >= 0.6 is 7.37 Å². The Bertz CT molecular complexity index is 1140. The molecule has 1 aromatic heterocycles. The van der Waals surface area contributed by atoms with Gasteiger partial charge >= 0.3 is 0 Å². The zero-order chi connectivity index (χ0) is 25.1. The van der Waals surface area contributed by atoms with E-state index in [9.17, 15) is 19.6 Å². The van der Waals surface area contributed by atoms with Gasteiger partial charge in [0.05, 0.1) is 24.7 Å². The maximum Gasteiger partial charge on any atom is 0.278 e. The molecule has 0 saturated carbocycles. The van der Waals surface area contributed by atoms with Crippen molar-refractivity contribution in [3.05, 3.63) is 63.7 Å². The van der Waals surface area contributed by atoms with Crippen LogP contribution in [0.3, 0.4) is 0 Å². The van der Waals surface area contributed by atoms with Gasteiger partial charge in [0.15, 0.2) is 0 Å². The Morgan fingerprint density at radius 3 is 2.21 bits per heavy atom. The molecule has 0 bridgehead atoms. The molecule has 1 atom stereocenters. The van der Waals surface area contributed by atoms with Crippen LogP contribution in [-0.4, -0.2) is 35.4 Å². The summed E-state index contributed by atoms with van der Waals surface area (Å²) in [5, 5.41) is 14.1. The van der Waals surface area contributed by atoms with Crippen molar-refractivity contribution >= 4 is 24.1 Å². The smallest absolute Gasteiger partial charge is 0.278 e. The number of methoxy groups -OCH3 is 2. The van der Waals surface area contributed by atoms with Crippen molar-refractivity contribution in [3.63, 3.8) is 0 Å². The number of non-ortho nitro benzene ring substituents is 1. The fourth-order valence-corrected chi connectivity index (χ4v) is 4.30. The van der Waals surface area contributed by atoms with E-state index >= 15 is 0 Å². The highest BCUT2D eigenvalue weighted by molar-refractivity contribution is 7.55. The number of nitrogens with zero attached hydrogens (tertiary/aromatic N) is 3. The van der Waals surface area contributed by atoms with Crippen LogP contribution in [0.25, 0.3) is 11.0 Å². The number of benzene rings is 2. The van der Waals surface area contributed by atoms with E-state index < -0.39 is 12.3 Å². The number of hydrogen-bond donors (Lipinski definition) is 1. The molecule has 3 rings (SSSR count). The first-order valence-corrected chi connectivity index (χ1v) is 12.8. The lowest BCUT2D eigenvalue weighted by atomic mass is 10.1. The van der Waals surface area contributed by atoms with Crippen molar-refractivity contribution in [1.82, 2.24) is 15.3 Å². The molecule has 0 radical (unpaired) electrons. The van der Waals surface area contributed by atoms with Crippen LogP contribution in [0.15, 0.2) is 42.5 Å². The number of nitro groups is 1. The van der Waals surface area contributed by atoms with Crippen molar-refractivity contribution in [3.8, 4) is 11.8 Å². The highest BCUT2D eigenvalue weighted by atomic mass is 31.2. The fourth-order valence-electron chi connectivity index (χ4n) is 2.97. The van der Waals surface area contributed by atoms with Crippen LogP contribution in [-0.2, 0) is 17.3 Å². The second kappa shape index (κ2) is 13.0. The van der Waals surface area contributed by atoms with E-state index in [2.05, 4.69) is 29.1 Å². The van der Waals surface area contributed by atoms with E-state index in [0.29, 0.717) is 16.6 Å². The SMILES string of the molecule is CCCC.COc1nc2cc([N+](=O)[O-])cc(CNCP(=O)([O-])Cc3ccccc3)c2nc1OC. The van der Waals surface area contributed by atoms with Crippen molar-refractivity contribution < 1.29 is 23.9 Å². The Balaban J connectivity index is 0.000000945. The predicted molar refractivity (Wildman–Crippen MR) is 129 cm³/mol. The predicted octanol–water partition coefficient (Wildman–Crippen LogP) is 4.25. The number of aromatic nitrogens is 2. The molecule has 0 aliphatic rings. The lowest BCUT2D eigenvalue weighted by Crippen LogP contribution is -2.21. The molecule has 184 valence electrons. The first-order valence-electron chi connectivity index (χ1n) is 10.8. The minimum atomic E-state index is -3.75. The first kappa shape index (κ1) is 27.2. The minimum absolute atomic E-state index is 0.0450. The molecule has 0 aliphatic carbocycles. The van der Waals surface area contributed by atoms with Crippen LogP contribution in [0.5, 0.6) is 11.8 Å². The van der Waals surface area contributed by atoms with Crippen LogP contribution in [0.2, 0.25) is 0 Å². The average molecular weight is 489 g/mol. The molecule has 0 spiro atoms. The molecule has 11 heteroatoms. The monoisotopic (exact) mass is 489 g/mol. The second-order valence-electron chi connectivity index (χ2n) is 7.52. The molecule has 3 aromatic rings. The Hall–Kier alpha value is -3.07. The summed E-state index contributed by atoms with van der Waals surface area (Å²) in [5.74, 6) is 0.218. The van der Waals surface area contributed by atoms with Gasteiger partial charge in [-0.3, -0.25) is 10.1 Å². The summed E-state index contributed by atoms with van der Waals surface area (Å²) in [7, 11) is -0.959. The van der Waals surface area contributed by atoms with Gasteiger partial charge < -0.3 is 24.2 Å². The van der Waals surface area contributed by atoms with E-state index in [4.69, 9.17) is 9.47 Å². The van der Waals surface area contributed by atoms with Gasteiger partial charge in [0.2, 0.25) is 0 Å². The van der Waals surface area contributed by atoms with Gasteiger partial charge in [0.1, 0.15) is 5.52 Å². The average Bonchev–Trinajstić information content (AvgIpc) is 2.83. The molecular formula is C23H30N4O6P-. The van der Waals surface area contributed by atoms with Gasteiger partial charge in [0, 0.05) is 44.1 Å². The Labute approximate surface area is 199 Å². The fraction of sp³-hybridized carbons (Fsp3) is 0.391. The quantitative estimate of drug-likeness (QED) is 0.251. The van der Waals surface area contributed by atoms with Crippen molar-refractivity contribution in [2.24, 2.45) is 0 Å². The lowest BCUT2D eigenvalue weighted by molar-refractivity contribution is -0.384. The highest BCUT2D eigenvalue weighted by Gasteiger charge is 2.18. The molecule has 10 nitrogen and oxygen atoms in total. The maximum atomic E-state index is 12.4. The van der Waals surface area contributed by atoms with Gasteiger partial charge in [-0.25, -0.2) is 9.97 Å². The van der Waals surface area contributed by atoms with Gasteiger partial charge in [-0.2, -0.15) is 0 Å². The molecular weight excluding hydrogens is 459 g/mol. The molecule has 1 unspecified atom stereocenters. The van der Waals surface area contributed by atoms with Gasteiger partial charge in [-0.05, 0) is 5.56 Å². The molecule has 1 N–H and O–H groups in total. The van der Waals surface area contributed by atoms with Gasteiger partial charge in [0.25, 0.3) is 17.4 Å². The van der Waals surface area contributed by atoms with Gasteiger partial charge in [-0.1, -0.05) is 57.0 Å². The number of fused-ring (bicyclic) bond motifs is 1. The highest BCUT2D eigenvalue weighted by Crippen LogP contribution is 2.38. The third kappa shape index (κ3) is 7.76. The molecule has 0 fully saturated rings. The Morgan fingerprint density at radius 1 is 1.03 bits per heavy atom. The Morgan fingerprint density at radius 2 is 1.65 bits per heavy atom. The first-order chi connectivity index (χ1) is 16.2. The van der Waals surface area contributed by atoms with Crippen LogP contribution in [0.1, 0.15) is 37.8 Å². The van der Waals surface area contributed by atoms with Crippen molar-refractivity contribution in [2.45, 2.75) is 39.4 Å². The minimum Gasteiger partial charge on any atom is -0.798 e. The number of rotatable bonds is 10. The van der Waals surface area contributed by atoms with Crippen LogP contribution < -0.4 is 19.7 Å². The summed E-state index contributed by atoms with van der Waals surface area (Å²) in [6.45, 7) is 4.41. The van der Waals surface area contributed by atoms with Gasteiger partial charge in [-0.15, -0.1) is 0 Å². The van der Waals surface area contributed by atoms with E-state index in [1.807, 2.05) is 6.07 Å². The van der Waals surface area contributed by atoms with Crippen molar-refractivity contribution in [1.29, 1.82) is 0 Å². The van der Waals surface area contributed by atoms with Crippen LogP contribution in [0.4, 0.5) is 5.69 Å². The topological polar surface area (TPSA) is 140 Å². The maximum absolute atomic E-state index is 12.4. The zero-order valence-electron chi connectivity index (χ0n) is 19.8. The van der Waals surface area contributed by atoms with E-state index in [1.165, 1.54) is 39.2 Å².